The van der Waals surface area contributed by atoms with Gasteiger partial charge in [-0.05, 0) is 101 Å². The number of piperidine rings is 1. The molecule has 0 bridgehead atoms. The van der Waals surface area contributed by atoms with E-state index in [0.29, 0.717) is 35.8 Å². The molecule has 0 radical (unpaired) electrons. The second kappa shape index (κ2) is 12.9. The SMILES string of the molecule is CCCS(=O)(=O)Nc1cccc(-c2nc(C3CCC4(CC3)CCN(C(=O)OC(C)(C)C)CC4)sc2-c2ccnc(Cl)n2)c1F. The lowest BCUT2D eigenvalue weighted by atomic mass is 9.65. The lowest BCUT2D eigenvalue weighted by Gasteiger charge is -2.45. The zero-order valence-electron chi connectivity index (χ0n) is 25.5. The fraction of sp³-hybridized carbons (Fsp3) is 0.548. The summed E-state index contributed by atoms with van der Waals surface area (Å²) in [5, 5.41) is 0.962. The van der Waals surface area contributed by atoms with E-state index in [1.54, 1.807) is 31.3 Å². The summed E-state index contributed by atoms with van der Waals surface area (Å²) < 4.78 is 48.7. The monoisotopic (exact) mass is 663 g/mol. The summed E-state index contributed by atoms with van der Waals surface area (Å²) in [5.74, 6) is -0.608. The van der Waals surface area contributed by atoms with Gasteiger partial charge in [-0.1, -0.05) is 13.0 Å². The van der Waals surface area contributed by atoms with Crippen molar-refractivity contribution in [1.29, 1.82) is 0 Å². The van der Waals surface area contributed by atoms with Crippen LogP contribution in [0.3, 0.4) is 0 Å². The van der Waals surface area contributed by atoms with Crippen molar-refractivity contribution in [1.82, 2.24) is 19.9 Å². The average molecular weight is 664 g/mol. The van der Waals surface area contributed by atoms with Gasteiger partial charge in [0.1, 0.15) is 5.60 Å². The zero-order valence-corrected chi connectivity index (χ0v) is 27.9. The molecule has 1 aromatic carbocycles. The highest BCUT2D eigenvalue weighted by Gasteiger charge is 2.41. The van der Waals surface area contributed by atoms with Crippen molar-refractivity contribution in [3.8, 4) is 21.8 Å². The molecule has 1 aliphatic carbocycles. The van der Waals surface area contributed by atoms with Crippen LogP contribution in [-0.4, -0.2) is 58.8 Å². The third kappa shape index (κ3) is 7.51. The zero-order chi connectivity index (χ0) is 31.7. The van der Waals surface area contributed by atoms with Gasteiger partial charge in [0.15, 0.2) is 5.82 Å². The fourth-order valence-corrected chi connectivity index (χ4v) is 8.58. The fourth-order valence-electron chi connectivity index (χ4n) is 6.08. The Morgan fingerprint density at radius 2 is 1.86 bits per heavy atom. The molecule has 2 aromatic heterocycles. The number of anilines is 1. The van der Waals surface area contributed by atoms with Crippen LogP contribution < -0.4 is 4.72 Å². The summed E-state index contributed by atoms with van der Waals surface area (Å²) in [6.07, 6.45) is 7.51. The summed E-state index contributed by atoms with van der Waals surface area (Å²) in [5.41, 5.74) is 0.682. The van der Waals surface area contributed by atoms with Gasteiger partial charge in [0.2, 0.25) is 15.3 Å². The molecule has 13 heteroatoms. The Balaban J connectivity index is 1.38. The van der Waals surface area contributed by atoms with Gasteiger partial charge >= 0.3 is 6.09 Å². The first-order valence-corrected chi connectivity index (χ1v) is 17.9. The van der Waals surface area contributed by atoms with Crippen LogP contribution in [0.4, 0.5) is 14.9 Å². The van der Waals surface area contributed by atoms with Crippen LogP contribution >= 0.6 is 22.9 Å². The number of thiazole rings is 1. The van der Waals surface area contributed by atoms with Crippen molar-refractivity contribution < 1.29 is 22.3 Å². The molecule has 238 valence electrons. The highest BCUT2D eigenvalue weighted by Crippen LogP contribution is 2.51. The Morgan fingerprint density at radius 3 is 2.50 bits per heavy atom. The predicted octanol–water partition coefficient (Wildman–Crippen LogP) is 7.89. The third-order valence-corrected chi connectivity index (χ3v) is 11.3. The van der Waals surface area contributed by atoms with E-state index in [4.69, 9.17) is 21.3 Å². The lowest BCUT2D eigenvalue weighted by molar-refractivity contribution is 0.00346. The number of nitrogens with one attached hydrogen (secondary N) is 1. The quantitative estimate of drug-likeness (QED) is 0.256. The van der Waals surface area contributed by atoms with Crippen molar-refractivity contribution in [2.45, 2.75) is 84.2 Å². The van der Waals surface area contributed by atoms with Crippen molar-refractivity contribution in [2.75, 3.05) is 23.6 Å². The number of nitrogens with zero attached hydrogens (tertiary/aromatic N) is 4. The maximum absolute atomic E-state index is 15.9. The molecule has 2 aliphatic rings. The number of likely N-dealkylation sites (tertiary alicyclic amines) is 1. The van der Waals surface area contributed by atoms with Crippen LogP contribution in [0, 0.1) is 11.2 Å². The molecule has 1 aliphatic heterocycles. The molecular formula is C31H39ClFN5O4S2. The van der Waals surface area contributed by atoms with Gasteiger partial charge in [-0.2, -0.15) is 0 Å². The highest BCUT2D eigenvalue weighted by molar-refractivity contribution is 7.92. The molecule has 9 nitrogen and oxygen atoms in total. The van der Waals surface area contributed by atoms with Crippen LogP contribution in [0.15, 0.2) is 30.5 Å². The normalized spacial score (nSPS) is 17.5. The van der Waals surface area contributed by atoms with Gasteiger partial charge in [-0.25, -0.2) is 32.6 Å². The maximum atomic E-state index is 15.9. The molecule has 5 rings (SSSR count). The van der Waals surface area contributed by atoms with Gasteiger partial charge in [-0.15, -0.1) is 11.3 Å². The van der Waals surface area contributed by atoms with Crippen molar-refractivity contribution in [3.63, 3.8) is 0 Å². The smallest absolute Gasteiger partial charge is 0.410 e. The Kier molecular flexibility index (Phi) is 9.53. The topological polar surface area (TPSA) is 114 Å². The first-order chi connectivity index (χ1) is 20.8. The second-order valence-electron chi connectivity index (χ2n) is 12.8. The number of aromatic nitrogens is 3. The van der Waals surface area contributed by atoms with Crippen LogP contribution in [0.5, 0.6) is 0 Å². The van der Waals surface area contributed by atoms with Crippen LogP contribution in [0.2, 0.25) is 5.28 Å². The highest BCUT2D eigenvalue weighted by atomic mass is 35.5. The number of ether oxygens (including phenoxy) is 1. The minimum Gasteiger partial charge on any atom is -0.444 e. The molecule has 3 aromatic rings. The Hall–Kier alpha value is -2.83. The first kappa shape index (κ1) is 32.6. The number of carbonyl (C=O) groups excluding carboxylic acids is 1. The Bertz CT molecular complexity index is 1610. The molecule has 44 heavy (non-hydrogen) atoms. The van der Waals surface area contributed by atoms with Crippen LogP contribution in [-0.2, 0) is 14.8 Å². The second-order valence-corrected chi connectivity index (χ2v) is 16.0. The summed E-state index contributed by atoms with van der Waals surface area (Å²) in [4.78, 5) is 28.4. The van der Waals surface area contributed by atoms with E-state index in [9.17, 15) is 13.2 Å². The molecule has 1 N–H and O–H groups in total. The molecule has 1 amide bonds. The predicted molar refractivity (Wildman–Crippen MR) is 172 cm³/mol. The maximum Gasteiger partial charge on any atom is 0.410 e. The molecule has 1 saturated carbocycles. The van der Waals surface area contributed by atoms with E-state index in [2.05, 4.69) is 14.7 Å². The average Bonchev–Trinajstić information content (AvgIpc) is 3.39. The van der Waals surface area contributed by atoms with Crippen LogP contribution in [0.1, 0.15) is 83.6 Å². The van der Waals surface area contributed by atoms with E-state index in [-0.39, 0.29) is 39.7 Å². The van der Waals surface area contributed by atoms with Gasteiger partial charge in [-0.3, -0.25) is 4.72 Å². The van der Waals surface area contributed by atoms with Gasteiger partial charge in [0.25, 0.3) is 0 Å². The molecule has 0 unspecified atom stereocenters. The van der Waals surface area contributed by atoms with E-state index < -0.39 is 21.4 Å². The summed E-state index contributed by atoms with van der Waals surface area (Å²) in [6, 6.07) is 6.35. The largest absolute Gasteiger partial charge is 0.444 e. The number of halogens is 2. The Labute approximate surface area is 267 Å². The van der Waals surface area contributed by atoms with Gasteiger partial charge in [0.05, 0.1) is 32.7 Å². The summed E-state index contributed by atoms with van der Waals surface area (Å²) in [6.45, 7) is 8.78. The number of benzene rings is 1. The minimum atomic E-state index is -3.69. The number of sulfonamides is 1. The minimum absolute atomic E-state index is 0.0716. The summed E-state index contributed by atoms with van der Waals surface area (Å²) in [7, 11) is -3.69. The van der Waals surface area contributed by atoms with Gasteiger partial charge in [0, 0.05) is 30.8 Å². The number of rotatable bonds is 7. The van der Waals surface area contributed by atoms with Crippen LogP contribution in [0.25, 0.3) is 21.8 Å². The van der Waals surface area contributed by atoms with E-state index in [1.165, 1.54) is 17.4 Å². The molecular weight excluding hydrogens is 625 g/mol. The third-order valence-electron chi connectivity index (χ3n) is 8.37. The van der Waals surface area contributed by atoms with Crippen molar-refractivity contribution in [3.05, 3.63) is 46.6 Å². The molecule has 0 atom stereocenters. The number of amides is 1. The molecule has 2 fully saturated rings. The first-order valence-electron chi connectivity index (χ1n) is 15.0. The van der Waals surface area contributed by atoms with E-state index in [1.807, 2.05) is 25.7 Å². The number of hydrogen-bond acceptors (Lipinski definition) is 8. The van der Waals surface area contributed by atoms with Crippen molar-refractivity contribution in [2.24, 2.45) is 5.41 Å². The summed E-state index contributed by atoms with van der Waals surface area (Å²) >= 11 is 7.60. The number of hydrogen-bond donors (Lipinski definition) is 1. The Morgan fingerprint density at radius 1 is 1.16 bits per heavy atom. The number of carbonyl (C=O) groups is 1. The molecule has 1 spiro atoms. The van der Waals surface area contributed by atoms with Crippen molar-refractivity contribution >= 4 is 44.7 Å². The molecule has 1 saturated heterocycles. The standard InChI is InChI=1S/C31H39ClFN5O4S2/c1-5-19-44(40,41)37-22-8-6-7-21(24(22)33)25-26(23-11-16-34-28(32)35-23)43-27(36-25)20-9-12-31(13-10-20)14-17-38(18-15-31)29(39)42-30(2,3)4/h6-8,11,16,20,37H,5,9-10,12-15,17-19H2,1-4H3. The van der Waals surface area contributed by atoms with E-state index >= 15 is 4.39 Å². The lowest BCUT2D eigenvalue weighted by Crippen LogP contribution is -2.46. The van der Waals surface area contributed by atoms with E-state index in [0.717, 1.165) is 43.5 Å². The molecule has 3 heterocycles. The van der Waals surface area contributed by atoms with Gasteiger partial charge < -0.3 is 9.64 Å².